The number of hydrogen-bond donors (Lipinski definition) is 2. The second-order valence-corrected chi connectivity index (χ2v) is 5.96. The zero-order valence-electron chi connectivity index (χ0n) is 14.2. The van der Waals surface area contributed by atoms with Crippen LogP contribution >= 0.6 is 0 Å². The molecule has 7 nitrogen and oxygen atoms in total. The van der Waals surface area contributed by atoms with Crippen molar-refractivity contribution >= 4 is 23.6 Å². The summed E-state index contributed by atoms with van der Waals surface area (Å²) >= 11 is 0. The molecule has 0 saturated carbocycles. The maximum absolute atomic E-state index is 12.1. The SMILES string of the molecule is COC(=O)c1ccc(NC(=O)N[C@@H](C)CN2CCCC2=O)c(C)c1. The molecule has 0 unspecified atom stereocenters. The molecule has 1 aliphatic rings. The van der Waals surface area contributed by atoms with Gasteiger partial charge >= 0.3 is 12.0 Å². The number of benzene rings is 1. The molecule has 0 radical (unpaired) electrons. The molecule has 2 N–H and O–H groups in total. The number of urea groups is 1. The summed E-state index contributed by atoms with van der Waals surface area (Å²) in [6.07, 6.45) is 1.47. The predicted octanol–water partition coefficient (Wildman–Crippen LogP) is 1.91. The number of esters is 1. The van der Waals surface area contributed by atoms with Gasteiger partial charge in [0.1, 0.15) is 0 Å². The van der Waals surface area contributed by atoms with E-state index in [0.717, 1.165) is 18.5 Å². The standard InChI is InChI=1S/C17H23N3O4/c1-11-9-13(16(22)24-3)6-7-14(11)19-17(23)18-12(2)10-20-8-4-5-15(20)21/h6-7,9,12H,4-5,8,10H2,1-3H3,(H2,18,19,23)/t12-/m0/s1. The molecule has 7 heteroatoms. The summed E-state index contributed by atoms with van der Waals surface area (Å²) in [5, 5.41) is 5.57. The monoisotopic (exact) mass is 333 g/mol. The molecular formula is C17H23N3O4. The van der Waals surface area contributed by atoms with E-state index in [1.165, 1.54) is 7.11 Å². The highest BCUT2D eigenvalue weighted by atomic mass is 16.5. The van der Waals surface area contributed by atoms with E-state index in [-0.39, 0.29) is 18.0 Å². The van der Waals surface area contributed by atoms with Gasteiger partial charge < -0.3 is 20.3 Å². The Morgan fingerprint density at radius 1 is 1.38 bits per heavy atom. The summed E-state index contributed by atoms with van der Waals surface area (Å²) in [5.41, 5.74) is 1.81. The molecule has 1 heterocycles. The highest BCUT2D eigenvalue weighted by Gasteiger charge is 2.22. The van der Waals surface area contributed by atoms with Crippen LogP contribution in [0.3, 0.4) is 0 Å². The van der Waals surface area contributed by atoms with Gasteiger partial charge in [-0.15, -0.1) is 0 Å². The smallest absolute Gasteiger partial charge is 0.337 e. The van der Waals surface area contributed by atoms with Gasteiger partial charge in [-0.05, 0) is 44.0 Å². The molecule has 1 aliphatic heterocycles. The Kier molecular flexibility index (Phi) is 5.78. The highest BCUT2D eigenvalue weighted by molar-refractivity contribution is 5.93. The highest BCUT2D eigenvalue weighted by Crippen LogP contribution is 2.17. The molecule has 1 saturated heterocycles. The van der Waals surface area contributed by atoms with Crippen LogP contribution in [0.25, 0.3) is 0 Å². The summed E-state index contributed by atoms with van der Waals surface area (Å²) < 4.78 is 4.67. The fraction of sp³-hybridized carbons (Fsp3) is 0.471. The molecule has 1 atom stereocenters. The lowest BCUT2D eigenvalue weighted by molar-refractivity contribution is -0.127. The van der Waals surface area contributed by atoms with E-state index >= 15 is 0 Å². The van der Waals surface area contributed by atoms with Crippen LogP contribution in [-0.2, 0) is 9.53 Å². The first-order valence-corrected chi connectivity index (χ1v) is 7.95. The minimum atomic E-state index is -0.419. The number of anilines is 1. The Morgan fingerprint density at radius 3 is 2.71 bits per heavy atom. The molecule has 0 aromatic heterocycles. The summed E-state index contributed by atoms with van der Waals surface area (Å²) in [6.45, 7) is 4.92. The van der Waals surface area contributed by atoms with Crippen molar-refractivity contribution in [3.63, 3.8) is 0 Å². The first kappa shape index (κ1) is 17.8. The van der Waals surface area contributed by atoms with Crippen LogP contribution in [0, 0.1) is 6.92 Å². The van der Waals surface area contributed by atoms with Crippen LogP contribution in [-0.4, -0.2) is 49.0 Å². The van der Waals surface area contributed by atoms with Crippen LogP contribution in [0.2, 0.25) is 0 Å². The van der Waals surface area contributed by atoms with Gasteiger partial charge in [0.25, 0.3) is 0 Å². The Hall–Kier alpha value is -2.57. The van der Waals surface area contributed by atoms with Gasteiger partial charge in [-0.3, -0.25) is 4.79 Å². The minimum Gasteiger partial charge on any atom is -0.465 e. The summed E-state index contributed by atoms with van der Waals surface area (Å²) in [6, 6.07) is 4.43. The van der Waals surface area contributed by atoms with E-state index < -0.39 is 5.97 Å². The molecule has 1 fully saturated rings. The topological polar surface area (TPSA) is 87.7 Å². The zero-order chi connectivity index (χ0) is 17.7. The fourth-order valence-corrected chi connectivity index (χ4v) is 2.70. The molecule has 0 bridgehead atoms. The third kappa shape index (κ3) is 4.47. The largest absolute Gasteiger partial charge is 0.465 e. The number of likely N-dealkylation sites (tertiary alicyclic amines) is 1. The van der Waals surface area contributed by atoms with Crippen LogP contribution in [0.15, 0.2) is 18.2 Å². The van der Waals surface area contributed by atoms with Crippen LogP contribution in [0.5, 0.6) is 0 Å². The number of rotatable bonds is 5. The minimum absolute atomic E-state index is 0.137. The molecular weight excluding hydrogens is 310 g/mol. The summed E-state index contributed by atoms with van der Waals surface area (Å²) in [7, 11) is 1.32. The molecule has 1 aromatic carbocycles. The van der Waals surface area contributed by atoms with Crippen molar-refractivity contribution in [3.8, 4) is 0 Å². The van der Waals surface area contributed by atoms with Crippen molar-refractivity contribution < 1.29 is 19.1 Å². The lowest BCUT2D eigenvalue weighted by atomic mass is 10.1. The van der Waals surface area contributed by atoms with Gasteiger partial charge in [-0.2, -0.15) is 0 Å². The number of nitrogens with zero attached hydrogens (tertiary/aromatic N) is 1. The number of hydrogen-bond acceptors (Lipinski definition) is 4. The number of aryl methyl sites for hydroxylation is 1. The van der Waals surface area contributed by atoms with Crippen LogP contribution < -0.4 is 10.6 Å². The quantitative estimate of drug-likeness (QED) is 0.806. The van der Waals surface area contributed by atoms with Crippen LogP contribution in [0.4, 0.5) is 10.5 Å². The molecule has 2 rings (SSSR count). The average Bonchev–Trinajstić information content (AvgIpc) is 2.93. The van der Waals surface area contributed by atoms with E-state index in [0.29, 0.717) is 24.2 Å². The Balaban J connectivity index is 1.89. The number of amides is 3. The van der Waals surface area contributed by atoms with Crippen molar-refractivity contribution in [3.05, 3.63) is 29.3 Å². The Bertz CT molecular complexity index is 645. The Labute approximate surface area is 141 Å². The molecule has 1 aromatic rings. The van der Waals surface area contributed by atoms with E-state index in [9.17, 15) is 14.4 Å². The maximum atomic E-state index is 12.1. The van der Waals surface area contributed by atoms with Crippen molar-refractivity contribution in [2.75, 3.05) is 25.5 Å². The lowest BCUT2D eigenvalue weighted by Gasteiger charge is -2.22. The second-order valence-electron chi connectivity index (χ2n) is 5.96. The predicted molar refractivity (Wildman–Crippen MR) is 89.9 cm³/mol. The molecule has 24 heavy (non-hydrogen) atoms. The molecule has 130 valence electrons. The summed E-state index contributed by atoms with van der Waals surface area (Å²) in [5.74, 6) is -0.281. The van der Waals surface area contributed by atoms with E-state index in [1.54, 1.807) is 30.0 Å². The van der Waals surface area contributed by atoms with E-state index in [1.807, 2.05) is 6.92 Å². The van der Waals surface area contributed by atoms with E-state index in [4.69, 9.17) is 0 Å². The maximum Gasteiger partial charge on any atom is 0.337 e. The van der Waals surface area contributed by atoms with Gasteiger partial charge in [0, 0.05) is 31.2 Å². The first-order chi connectivity index (χ1) is 11.4. The Morgan fingerprint density at radius 2 is 2.12 bits per heavy atom. The molecule has 0 aliphatic carbocycles. The van der Waals surface area contributed by atoms with Crippen molar-refractivity contribution in [1.82, 2.24) is 10.2 Å². The van der Waals surface area contributed by atoms with Gasteiger partial charge in [-0.25, -0.2) is 9.59 Å². The number of carbonyl (C=O) groups is 3. The number of nitrogens with one attached hydrogen (secondary N) is 2. The normalized spacial score (nSPS) is 15.1. The van der Waals surface area contributed by atoms with Gasteiger partial charge in [-0.1, -0.05) is 0 Å². The average molecular weight is 333 g/mol. The third-order valence-electron chi connectivity index (χ3n) is 3.94. The van der Waals surface area contributed by atoms with Crippen LogP contribution in [0.1, 0.15) is 35.7 Å². The molecule has 0 spiro atoms. The van der Waals surface area contributed by atoms with Crippen molar-refractivity contribution in [2.45, 2.75) is 32.7 Å². The zero-order valence-corrected chi connectivity index (χ0v) is 14.2. The fourth-order valence-electron chi connectivity index (χ4n) is 2.70. The van der Waals surface area contributed by atoms with Gasteiger partial charge in [0.15, 0.2) is 0 Å². The lowest BCUT2D eigenvalue weighted by Crippen LogP contribution is -2.44. The van der Waals surface area contributed by atoms with Crippen molar-refractivity contribution in [1.29, 1.82) is 0 Å². The number of ether oxygens (including phenoxy) is 1. The number of carbonyl (C=O) groups excluding carboxylic acids is 3. The molecule has 3 amide bonds. The van der Waals surface area contributed by atoms with Gasteiger partial charge in [0.05, 0.1) is 12.7 Å². The third-order valence-corrected chi connectivity index (χ3v) is 3.94. The van der Waals surface area contributed by atoms with Crippen molar-refractivity contribution in [2.24, 2.45) is 0 Å². The summed E-state index contributed by atoms with van der Waals surface area (Å²) in [4.78, 5) is 36.9. The van der Waals surface area contributed by atoms with E-state index in [2.05, 4.69) is 15.4 Å². The van der Waals surface area contributed by atoms with Gasteiger partial charge in [0.2, 0.25) is 5.91 Å². The number of methoxy groups -OCH3 is 1. The second kappa shape index (κ2) is 7.81. The first-order valence-electron chi connectivity index (χ1n) is 7.95.